The lowest BCUT2D eigenvalue weighted by atomic mass is 9.95. The average Bonchev–Trinajstić information content (AvgIpc) is 2.98. The van der Waals surface area contributed by atoms with E-state index < -0.39 is 5.60 Å². The SMILES string of the molecule is Cc1cc(CC2(O)CC(C)N(C3CC3)C2)n(C)n1. The van der Waals surface area contributed by atoms with E-state index in [0.29, 0.717) is 6.04 Å². The summed E-state index contributed by atoms with van der Waals surface area (Å²) in [4.78, 5) is 2.49. The van der Waals surface area contributed by atoms with Crippen molar-refractivity contribution in [2.24, 2.45) is 7.05 Å². The van der Waals surface area contributed by atoms with Gasteiger partial charge in [0.15, 0.2) is 0 Å². The number of hydrogen-bond donors (Lipinski definition) is 1. The number of rotatable bonds is 3. The molecule has 1 N–H and O–H groups in total. The monoisotopic (exact) mass is 249 g/mol. The zero-order valence-electron chi connectivity index (χ0n) is 11.6. The van der Waals surface area contributed by atoms with E-state index in [2.05, 4.69) is 23.0 Å². The van der Waals surface area contributed by atoms with Gasteiger partial charge in [-0.1, -0.05) is 0 Å². The minimum absolute atomic E-state index is 0.511. The van der Waals surface area contributed by atoms with Gasteiger partial charge in [0.2, 0.25) is 0 Å². The first kappa shape index (κ1) is 12.2. The van der Waals surface area contributed by atoms with E-state index in [9.17, 15) is 5.11 Å². The third kappa shape index (κ3) is 2.19. The lowest BCUT2D eigenvalue weighted by Gasteiger charge is -2.23. The highest BCUT2D eigenvalue weighted by Crippen LogP contribution is 2.38. The summed E-state index contributed by atoms with van der Waals surface area (Å²) in [5.74, 6) is 0. The molecule has 1 saturated heterocycles. The molecule has 1 aliphatic carbocycles. The molecule has 0 aromatic carbocycles. The van der Waals surface area contributed by atoms with Crippen molar-refractivity contribution >= 4 is 0 Å². The second kappa shape index (κ2) is 4.07. The Bertz CT molecular complexity index is 452. The summed E-state index contributed by atoms with van der Waals surface area (Å²) in [5, 5.41) is 15.2. The van der Waals surface area contributed by atoms with E-state index in [1.165, 1.54) is 12.8 Å². The summed E-state index contributed by atoms with van der Waals surface area (Å²) in [6.07, 6.45) is 4.22. The molecule has 1 aliphatic heterocycles. The minimum atomic E-state index is -0.567. The van der Waals surface area contributed by atoms with Gasteiger partial charge in [-0.3, -0.25) is 9.58 Å². The van der Waals surface area contributed by atoms with E-state index >= 15 is 0 Å². The summed E-state index contributed by atoms with van der Waals surface area (Å²) in [6, 6.07) is 3.33. The van der Waals surface area contributed by atoms with Crippen molar-refractivity contribution in [2.45, 2.75) is 57.2 Å². The standard InChI is InChI=1S/C14H23N3O/c1-10-6-13(16(3)15-10)8-14(18)7-11(2)17(9-14)12-4-5-12/h6,11-12,18H,4-5,7-9H2,1-3H3. The molecule has 2 heterocycles. The molecule has 0 bridgehead atoms. The fraction of sp³-hybridized carbons (Fsp3) is 0.786. The van der Waals surface area contributed by atoms with Gasteiger partial charge in [-0.2, -0.15) is 5.10 Å². The number of aliphatic hydroxyl groups is 1. The van der Waals surface area contributed by atoms with Crippen LogP contribution in [0.1, 0.15) is 37.6 Å². The molecule has 2 unspecified atom stereocenters. The number of β-amino-alcohol motifs (C(OH)–C–C–N with tert-alkyl or cyclic N) is 1. The summed E-state index contributed by atoms with van der Waals surface area (Å²) < 4.78 is 1.90. The van der Waals surface area contributed by atoms with Gasteiger partial charge >= 0.3 is 0 Å². The number of aryl methyl sites for hydroxylation is 2. The zero-order chi connectivity index (χ0) is 12.9. The highest BCUT2D eigenvalue weighted by atomic mass is 16.3. The molecule has 1 saturated carbocycles. The van der Waals surface area contributed by atoms with Crippen molar-refractivity contribution in [3.05, 3.63) is 17.5 Å². The summed E-state index contributed by atoms with van der Waals surface area (Å²) in [7, 11) is 1.96. The van der Waals surface area contributed by atoms with Crippen molar-refractivity contribution in [3.8, 4) is 0 Å². The molecule has 100 valence electrons. The largest absolute Gasteiger partial charge is 0.388 e. The molecule has 18 heavy (non-hydrogen) atoms. The Morgan fingerprint density at radius 3 is 2.78 bits per heavy atom. The van der Waals surface area contributed by atoms with Crippen LogP contribution in [-0.4, -0.2) is 44.0 Å². The van der Waals surface area contributed by atoms with Crippen molar-refractivity contribution < 1.29 is 5.11 Å². The van der Waals surface area contributed by atoms with E-state index in [0.717, 1.165) is 36.8 Å². The van der Waals surface area contributed by atoms with Gasteiger partial charge in [-0.05, 0) is 39.2 Å². The van der Waals surface area contributed by atoms with Crippen LogP contribution in [0, 0.1) is 6.92 Å². The molecule has 0 radical (unpaired) electrons. The van der Waals surface area contributed by atoms with Crippen LogP contribution in [0.25, 0.3) is 0 Å². The van der Waals surface area contributed by atoms with Crippen LogP contribution in [0.2, 0.25) is 0 Å². The zero-order valence-corrected chi connectivity index (χ0v) is 11.6. The molecule has 2 fully saturated rings. The van der Waals surface area contributed by atoms with E-state index in [4.69, 9.17) is 0 Å². The highest BCUT2D eigenvalue weighted by Gasteiger charge is 2.46. The van der Waals surface area contributed by atoms with Crippen molar-refractivity contribution in [3.63, 3.8) is 0 Å². The molecule has 2 aliphatic rings. The predicted molar refractivity (Wildman–Crippen MR) is 70.4 cm³/mol. The molecule has 4 heteroatoms. The first-order valence-electron chi connectivity index (χ1n) is 6.94. The Hall–Kier alpha value is -0.870. The van der Waals surface area contributed by atoms with Gasteiger partial charge in [0.25, 0.3) is 0 Å². The fourth-order valence-electron chi connectivity index (χ4n) is 3.42. The molecule has 3 rings (SSSR count). The van der Waals surface area contributed by atoms with Crippen LogP contribution < -0.4 is 0 Å². The summed E-state index contributed by atoms with van der Waals surface area (Å²) in [6.45, 7) is 5.06. The summed E-state index contributed by atoms with van der Waals surface area (Å²) >= 11 is 0. The van der Waals surface area contributed by atoms with E-state index in [-0.39, 0.29) is 0 Å². The second-order valence-corrected chi connectivity index (χ2v) is 6.26. The van der Waals surface area contributed by atoms with E-state index in [1.807, 2.05) is 18.7 Å². The minimum Gasteiger partial charge on any atom is -0.388 e. The Morgan fingerprint density at radius 1 is 1.50 bits per heavy atom. The fourth-order valence-corrected chi connectivity index (χ4v) is 3.42. The maximum atomic E-state index is 10.8. The third-order valence-electron chi connectivity index (χ3n) is 4.34. The van der Waals surface area contributed by atoms with Crippen LogP contribution in [0.15, 0.2) is 6.07 Å². The lowest BCUT2D eigenvalue weighted by molar-refractivity contribution is 0.0469. The topological polar surface area (TPSA) is 41.3 Å². The molecule has 1 aromatic heterocycles. The Kier molecular flexibility index (Phi) is 2.75. The smallest absolute Gasteiger partial charge is 0.0844 e. The van der Waals surface area contributed by atoms with E-state index in [1.54, 1.807) is 0 Å². The van der Waals surface area contributed by atoms with Crippen LogP contribution >= 0.6 is 0 Å². The average molecular weight is 249 g/mol. The van der Waals surface area contributed by atoms with Crippen LogP contribution in [-0.2, 0) is 13.5 Å². The van der Waals surface area contributed by atoms with Gasteiger partial charge in [-0.25, -0.2) is 0 Å². The predicted octanol–water partition coefficient (Wildman–Crippen LogP) is 1.26. The molecule has 1 aromatic rings. The Morgan fingerprint density at radius 2 is 2.22 bits per heavy atom. The molecular formula is C14H23N3O. The number of nitrogens with zero attached hydrogens (tertiary/aromatic N) is 3. The normalized spacial score (nSPS) is 33.2. The molecule has 2 atom stereocenters. The van der Waals surface area contributed by atoms with Gasteiger partial charge in [0.05, 0.1) is 11.3 Å². The van der Waals surface area contributed by atoms with Crippen LogP contribution in [0.5, 0.6) is 0 Å². The Labute approximate surface area is 109 Å². The maximum Gasteiger partial charge on any atom is 0.0844 e. The van der Waals surface area contributed by atoms with Gasteiger partial charge in [-0.15, -0.1) is 0 Å². The third-order valence-corrected chi connectivity index (χ3v) is 4.34. The van der Waals surface area contributed by atoms with Gasteiger partial charge in [0, 0.05) is 37.8 Å². The first-order chi connectivity index (χ1) is 8.47. The van der Waals surface area contributed by atoms with Crippen LogP contribution in [0.3, 0.4) is 0 Å². The maximum absolute atomic E-state index is 10.8. The number of likely N-dealkylation sites (tertiary alicyclic amines) is 1. The van der Waals surface area contributed by atoms with Gasteiger partial charge in [0.1, 0.15) is 0 Å². The molecular weight excluding hydrogens is 226 g/mol. The number of aromatic nitrogens is 2. The van der Waals surface area contributed by atoms with Crippen LogP contribution in [0.4, 0.5) is 0 Å². The number of hydrogen-bond acceptors (Lipinski definition) is 3. The van der Waals surface area contributed by atoms with Crippen molar-refractivity contribution in [1.82, 2.24) is 14.7 Å². The second-order valence-electron chi connectivity index (χ2n) is 6.26. The quantitative estimate of drug-likeness (QED) is 0.877. The van der Waals surface area contributed by atoms with Gasteiger partial charge < -0.3 is 5.11 Å². The Balaban J connectivity index is 1.73. The van der Waals surface area contributed by atoms with Crippen molar-refractivity contribution in [2.75, 3.05) is 6.54 Å². The first-order valence-corrected chi connectivity index (χ1v) is 6.94. The molecule has 0 amide bonds. The lowest BCUT2D eigenvalue weighted by Crippen LogP contribution is -2.37. The summed E-state index contributed by atoms with van der Waals surface area (Å²) in [5.41, 5.74) is 1.60. The molecule has 0 spiro atoms. The van der Waals surface area contributed by atoms with Crippen molar-refractivity contribution in [1.29, 1.82) is 0 Å². The molecule has 4 nitrogen and oxygen atoms in total. The highest BCUT2D eigenvalue weighted by molar-refractivity contribution is 5.14.